The largest absolute Gasteiger partial charge is 0.372 e. The van der Waals surface area contributed by atoms with Crippen LogP contribution in [0.2, 0.25) is 0 Å². The highest BCUT2D eigenvalue weighted by Gasteiger charge is 2.27. The van der Waals surface area contributed by atoms with Crippen LogP contribution in [0.25, 0.3) is 11.0 Å². The molecule has 0 unspecified atom stereocenters. The topological polar surface area (TPSA) is 116 Å². The molecule has 1 aliphatic carbocycles. The minimum absolute atomic E-state index is 0.0390. The second-order valence-electron chi connectivity index (χ2n) is 7.70. The highest BCUT2D eigenvalue weighted by molar-refractivity contribution is 7.90. The van der Waals surface area contributed by atoms with Crippen molar-refractivity contribution in [3.05, 3.63) is 24.3 Å². The lowest BCUT2D eigenvalue weighted by Gasteiger charge is -2.17. The minimum Gasteiger partial charge on any atom is -0.372 e. The van der Waals surface area contributed by atoms with E-state index in [1.54, 1.807) is 0 Å². The Bertz CT molecular complexity index is 1150. The van der Waals surface area contributed by atoms with Gasteiger partial charge >= 0.3 is 0 Å². The van der Waals surface area contributed by atoms with Crippen molar-refractivity contribution in [2.24, 2.45) is 0 Å². The van der Waals surface area contributed by atoms with E-state index in [9.17, 15) is 8.42 Å². The summed E-state index contributed by atoms with van der Waals surface area (Å²) in [6, 6.07) is 8.49. The number of benzene rings is 1. The summed E-state index contributed by atoms with van der Waals surface area (Å²) in [7, 11) is -3.47. The van der Waals surface area contributed by atoms with Gasteiger partial charge in [0.1, 0.15) is 11.2 Å². The molecule has 0 bridgehead atoms. The quantitative estimate of drug-likeness (QED) is 0.565. The zero-order chi connectivity index (χ0) is 20.0. The molecular formula is C19H23N7O2S. The van der Waals surface area contributed by atoms with Crippen molar-refractivity contribution in [2.45, 2.75) is 36.8 Å². The molecule has 5 rings (SSSR count). The first-order valence-corrected chi connectivity index (χ1v) is 11.7. The first-order chi connectivity index (χ1) is 14.0. The summed E-state index contributed by atoms with van der Waals surface area (Å²) in [5.74, 6) is 0.865. The van der Waals surface area contributed by atoms with E-state index in [1.165, 1.54) is 18.5 Å². The van der Waals surface area contributed by atoms with Crippen LogP contribution < -0.4 is 15.5 Å². The molecule has 10 heteroatoms. The van der Waals surface area contributed by atoms with Crippen LogP contribution in [-0.4, -0.2) is 54.0 Å². The number of hydrogen-bond acceptors (Lipinski definition) is 8. The average molecular weight is 414 g/mol. The van der Waals surface area contributed by atoms with Gasteiger partial charge in [-0.2, -0.15) is 15.1 Å². The minimum atomic E-state index is -3.47. The lowest BCUT2D eigenvalue weighted by molar-refractivity contribution is 0.598. The molecule has 0 amide bonds. The van der Waals surface area contributed by atoms with Crippen LogP contribution >= 0.6 is 0 Å². The molecule has 1 saturated heterocycles. The van der Waals surface area contributed by atoms with E-state index >= 15 is 0 Å². The third-order valence-electron chi connectivity index (χ3n) is 5.26. The summed E-state index contributed by atoms with van der Waals surface area (Å²) in [6.45, 7) is 2.20. The lowest BCUT2D eigenvalue weighted by Crippen LogP contribution is -2.17. The molecule has 0 spiro atoms. The number of nitrogens with zero attached hydrogens (tertiary/aromatic N) is 4. The molecule has 3 heterocycles. The van der Waals surface area contributed by atoms with E-state index in [4.69, 9.17) is 0 Å². The fourth-order valence-electron chi connectivity index (χ4n) is 3.61. The zero-order valence-electron chi connectivity index (χ0n) is 16.1. The third-order valence-corrected chi connectivity index (χ3v) is 6.30. The van der Waals surface area contributed by atoms with Gasteiger partial charge in [0, 0.05) is 36.8 Å². The number of anilines is 4. The molecule has 152 valence electrons. The molecule has 2 aliphatic rings. The monoisotopic (exact) mass is 413 g/mol. The number of hydrogen-bond donors (Lipinski definition) is 3. The van der Waals surface area contributed by atoms with Crippen molar-refractivity contribution in [1.29, 1.82) is 0 Å². The van der Waals surface area contributed by atoms with Crippen molar-refractivity contribution in [3.8, 4) is 0 Å². The van der Waals surface area contributed by atoms with Crippen LogP contribution in [0.4, 0.5) is 23.1 Å². The predicted octanol–water partition coefficient (Wildman–Crippen LogP) is 2.67. The fourth-order valence-corrected chi connectivity index (χ4v) is 4.38. The third kappa shape index (κ3) is 3.71. The van der Waals surface area contributed by atoms with Gasteiger partial charge < -0.3 is 15.5 Å². The Morgan fingerprint density at radius 1 is 1.10 bits per heavy atom. The van der Waals surface area contributed by atoms with Gasteiger partial charge in [-0.05, 0) is 49.9 Å². The first kappa shape index (κ1) is 18.2. The SMILES string of the molecule is CS(=O)(=O)c1[nH]nc2nc(Nc3ccc(N4CCCC4)cc3)nc(NC3CC3)c12. The van der Waals surface area contributed by atoms with Gasteiger partial charge in [0.15, 0.2) is 20.5 Å². The summed E-state index contributed by atoms with van der Waals surface area (Å²) in [5, 5.41) is 13.7. The van der Waals surface area contributed by atoms with Crippen LogP contribution in [0, 0.1) is 0 Å². The van der Waals surface area contributed by atoms with Crippen LogP contribution in [0.5, 0.6) is 0 Å². The smallest absolute Gasteiger partial charge is 0.231 e. The summed E-state index contributed by atoms with van der Waals surface area (Å²) in [5.41, 5.74) is 2.40. The van der Waals surface area contributed by atoms with Crippen LogP contribution in [0.1, 0.15) is 25.7 Å². The number of rotatable bonds is 6. The zero-order valence-corrected chi connectivity index (χ0v) is 17.0. The van der Waals surface area contributed by atoms with E-state index < -0.39 is 9.84 Å². The second kappa shape index (κ2) is 6.87. The Morgan fingerprint density at radius 3 is 2.48 bits per heavy atom. The maximum absolute atomic E-state index is 12.1. The van der Waals surface area contributed by atoms with Crippen molar-refractivity contribution >= 4 is 44.0 Å². The molecule has 2 aromatic heterocycles. The van der Waals surface area contributed by atoms with E-state index in [2.05, 4.69) is 47.8 Å². The number of nitrogens with one attached hydrogen (secondary N) is 3. The molecule has 1 aromatic carbocycles. The molecular weight excluding hydrogens is 390 g/mol. The highest BCUT2D eigenvalue weighted by Crippen LogP contribution is 2.32. The molecule has 9 nitrogen and oxygen atoms in total. The van der Waals surface area contributed by atoms with Crippen LogP contribution in [0.15, 0.2) is 29.3 Å². The molecule has 0 atom stereocenters. The predicted molar refractivity (Wildman–Crippen MR) is 113 cm³/mol. The number of aromatic amines is 1. The Morgan fingerprint density at radius 2 is 1.83 bits per heavy atom. The summed E-state index contributed by atoms with van der Waals surface area (Å²) in [4.78, 5) is 11.3. The highest BCUT2D eigenvalue weighted by atomic mass is 32.2. The molecule has 1 aliphatic heterocycles. The van der Waals surface area contributed by atoms with E-state index in [1.807, 2.05) is 12.1 Å². The van der Waals surface area contributed by atoms with Gasteiger partial charge in [-0.1, -0.05) is 0 Å². The Balaban J connectivity index is 1.47. The maximum Gasteiger partial charge on any atom is 0.231 e. The summed E-state index contributed by atoms with van der Waals surface area (Å²) < 4.78 is 24.2. The molecule has 3 aromatic rings. The van der Waals surface area contributed by atoms with Crippen molar-refractivity contribution in [3.63, 3.8) is 0 Å². The number of aromatic nitrogens is 4. The first-order valence-electron chi connectivity index (χ1n) is 9.82. The molecule has 1 saturated carbocycles. The number of sulfone groups is 1. The molecule has 0 radical (unpaired) electrons. The molecule has 3 N–H and O–H groups in total. The van der Waals surface area contributed by atoms with E-state index in [-0.39, 0.29) is 5.03 Å². The average Bonchev–Trinajstić information content (AvgIpc) is 3.17. The second-order valence-corrected chi connectivity index (χ2v) is 9.66. The van der Waals surface area contributed by atoms with Gasteiger partial charge in [-0.15, -0.1) is 0 Å². The number of H-pyrrole nitrogens is 1. The Labute approximate surface area is 168 Å². The van der Waals surface area contributed by atoms with Crippen LogP contribution in [-0.2, 0) is 9.84 Å². The van der Waals surface area contributed by atoms with Crippen LogP contribution in [0.3, 0.4) is 0 Å². The molecule has 2 fully saturated rings. The summed E-state index contributed by atoms with van der Waals surface area (Å²) >= 11 is 0. The standard InChI is InChI=1S/C19H23N7O2S/c1-29(27,28)18-15-16(20-12-4-5-12)22-19(23-17(15)24-25-18)21-13-6-8-14(9-7-13)26-10-2-3-11-26/h6-9,12H,2-5,10-11H2,1H3,(H3,20,21,22,23,24,25). The van der Waals surface area contributed by atoms with Gasteiger partial charge in [0.2, 0.25) is 5.95 Å². The van der Waals surface area contributed by atoms with Gasteiger partial charge in [-0.25, -0.2) is 8.42 Å². The Hall–Kier alpha value is -2.88. The number of fused-ring (bicyclic) bond motifs is 1. The lowest BCUT2D eigenvalue weighted by atomic mass is 10.2. The van der Waals surface area contributed by atoms with Gasteiger partial charge in [-0.3, -0.25) is 5.10 Å². The van der Waals surface area contributed by atoms with Gasteiger partial charge in [0.05, 0.1) is 0 Å². The van der Waals surface area contributed by atoms with E-state index in [0.29, 0.717) is 28.8 Å². The Kier molecular flexibility index (Phi) is 4.30. The van der Waals surface area contributed by atoms with Crippen molar-refractivity contribution < 1.29 is 8.42 Å². The van der Waals surface area contributed by atoms with E-state index in [0.717, 1.165) is 37.9 Å². The fraction of sp³-hybridized carbons (Fsp3) is 0.421. The summed E-state index contributed by atoms with van der Waals surface area (Å²) in [6.07, 6.45) is 5.71. The molecule has 29 heavy (non-hydrogen) atoms. The van der Waals surface area contributed by atoms with Crippen molar-refractivity contribution in [2.75, 3.05) is 34.9 Å². The maximum atomic E-state index is 12.1. The van der Waals surface area contributed by atoms with Crippen molar-refractivity contribution in [1.82, 2.24) is 20.2 Å². The van der Waals surface area contributed by atoms with Gasteiger partial charge in [0.25, 0.3) is 0 Å². The normalized spacial score (nSPS) is 17.1.